The Bertz CT molecular complexity index is 3020. The average molecular weight is 826 g/mol. The number of nitrogens with two attached hydrogens (primary N) is 1. The van der Waals surface area contributed by atoms with E-state index < -0.39 is 17.7 Å². The second-order valence-electron chi connectivity index (χ2n) is 15.1. The number of aryl methyl sites for hydroxylation is 6. The molecule has 0 saturated heterocycles. The number of hydrogen-bond acceptors (Lipinski definition) is 7. The molecule has 0 saturated carbocycles. The Balaban J connectivity index is 1.36. The highest BCUT2D eigenvalue weighted by Crippen LogP contribution is 2.28. The number of imidazole rings is 2. The Morgan fingerprint density at radius 2 is 1.26 bits per heavy atom. The number of primary amides is 1. The van der Waals surface area contributed by atoms with Crippen molar-refractivity contribution in [2.24, 2.45) is 29.8 Å². The summed E-state index contributed by atoms with van der Waals surface area (Å²) in [5, 5.41) is 8.93. The third kappa shape index (κ3) is 8.20. The Hall–Kier alpha value is -7.23. The van der Waals surface area contributed by atoms with E-state index in [1.54, 1.807) is 52.4 Å². The third-order valence-electron chi connectivity index (χ3n) is 10.9. The monoisotopic (exact) mass is 825 g/mol. The van der Waals surface area contributed by atoms with Gasteiger partial charge < -0.3 is 33.5 Å². The number of benzene rings is 3. The van der Waals surface area contributed by atoms with Gasteiger partial charge in [-0.15, -0.1) is 0 Å². The molecule has 7 aromatic rings. The van der Waals surface area contributed by atoms with Crippen molar-refractivity contribution in [1.82, 2.24) is 37.8 Å². The lowest BCUT2D eigenvalue weighted by Crippen LogP contribution is -2.28. The first-order valence-electron chi connectivity index (χ1n) is 20.1. The van der Waals surface area contributed by atoms with Gasteiger partial charge in [0, 0.05) is 45.8 Å². The summed E-state index contributed by atoms with van der Waals surface area (Å²) in [7, 11) is 5.32. The summed E-state index contributed by atoms with van der Waals surface area (Å²) in [5.74, 6) is -0.0548. The van der Waals surface area contributed by atoms with Crippen molar-refractivity contribution >= 4 is 39.8 Å². The van der Waals surface area contributed by atoms with Gasteiger partial charge in [-0.1, -0.05) is 29.3 Å². The van der Waals surface area contributed by atoms with Crippen molar-refractivity contribution in [3.05, 3.63) is 129 Å². The van der Waals surface area contributed by atoms with E-state index >= 15 is 0 Å². The summed E-state index contributed by atoms with van der Waals surface area (Å²) >= 11 is 0. The molecule has 0 aliphatic carbocycles. The number of amides is 3. The number of aromatic nitrogens is 8. The van der Waals surface area contributed by atoms with Crippen LogP contribution < -0.4 is 26.4 Å². The zero-order valence-electron chi connectivity index (χ0n) is 36.1. The number of carbonyl (C=O) groups excluding carboxylic acids is 3. The van der Waals surface area contributed by atoms with Gasteiger partial charge in [-0.25, -0.2) is 0 Å². The molecule has 0 aliphatic heterocycles. The van der Waals surface area contributed by atoms with Crippen LogP contribution in [0, 0.1) is 13.8 Å². The number of fused-ring (bicyclic) bond motifs is 2. The van der Waals surface area contributed by atoms with E-state index in [9.17, 15) is 14.4 Å². The minimum atomic E-state index is -0.563. The smallest absolute Gasteiger partial charge is 0.298 e. The number of nitrogens with zero attached hydrogens (tertiary/aromatic N) is 10. The van der Waals surface area contributed by atoms with Gasteiger partial charge in [0.25, 0.3) is 11.8 Å². The Kier molecular flexibility index (Phi) is 11.8. The molecule has 16 nitrogen and oxygen atoms in total. The SMILES string of the molecule is CCn1nc(C)cc1C(=O)N=c1n(C)c2cc(C(N)=O)ccc2n1C/C(C)=C(\C)Cn1c(=NC(=O)c2cc(C)nn2CC)n(C)c2cccc(OCc3ccc(OC)cc3)c21. The third-order valence-corrected chi connectivity index (χ3v) is 10.9. The van der Waals surface area contributed by atoms with Crippen LogP contribution in [0.2, 0.25) is 0 Å². The normalized spacial score (nSPS) is 12.7. The van der Waals surface area contributed by atoms with Gasteiger partial charge >= 0.3 is 0 Å². The largest absolute Gasteiger partial charge is 0.497 e. The molecule has 316 valence electrons. The molecule has 2 N–H and O–H groups in total. The zero-order valence-corrected chi connectivity index (χ0v) is 36.1. The quantitative estimate of drug-likeness (QED) is 0.149. The zero-order chi connectivity index (χ0) is 43.7. The average Bonchev–Trinajstić information content (AvgIpc) is 3.98. The van der Waals surface area contributed by atoms with Gasteiger partial charge in [0.2, 0.25) is 17.1 Å². The maximum Gasteiger partial charge on any atom is 0.298 e. The number of ether oxygens (including phenoxy) is 2. The van der Waals surface area contributed by atoms with Crippen LogP contribution in [-0.4, -0.2) is 62.7 Å². The molecule has 7 rings (SSSR count). The highest BCUT2D eigenvalue weighted by Gasteiger charge is 2.21. The van der Waals surface area contributed by atoms with Gasteiger partial charge in [-0.05, 0) is 102 Å². The van der Waals surface area contributed by atoms with Gasteiger partial charge in [0.15, 0.2) is 0 Å². The van der Waals surface area contributed by atoms with E-state index in [4.69, 9.17) is 20.2 Å². The lowest BCUT2D eigenvalue weighted by Gasteiger charge is -2.14. The van der Waals surface area contributed by atoms with Crippen LogP contribution in [0.5, 0.6) is 11.5 Å². The molecule has 4 aromatic heterocycles. The molecule has 4 heterocycles. The molecule has 0 bridgehead atoms. The molecule has 3 aromatic carbocycles. The molecule has 0 fully saturated rings. The fourth-order valence-corrected chi connectivity index (χ4v) is 7.55. The van der Waals surface area contributed by atoms with Crippen molar-refractivity contribution in [2.75, 3.05) is 7.11 Å². The van der Waals surface area contributed by atoms with Crippen LogP contribution in [0.15, 0.2) is 93.9 Å². The van der Waals surface area contributed by atoms with E-state index in [0.29, 0.717) is 77.9 Å². The van der Waals surface area contributed by atoms with E-state index in [1.807, 2.05) is 111 Å². The number of rotatable bonds is 13. The Morgan fingerprint density at radius 3 is 1.82 bits per heavy atom. The molecule has 0 aliphatic rings. The first-order valence-corrected chi connectivity index (χ1v) is 20.1. The van der Waals surface area contributed by atoms with Gasteiger partial charge in [-0.2, -0.15) is 20.2 Å². The van der Waals surface area contributed by atoms with Crippen LogP contribution in [0.25, 0.3) is 22.1 Å². The van der Waals surface area contributed by atoms with Crippen LogP contribution in [0.1, 0.15) is 76.0 Å². The van der Waals surface area contributed by atoms with Gasteiger partial charge in [0.1, 0.15) is 35.0 Å². The number of para-hydroxylation sites is 1. The molecule has 0 unspecified atom stereocenters. The van der Waals surface area contributed by atoms with Crippen molar-refractivity contribution in [2.45, 2.75) is 74.3 Å². The molecule has 3 amide bonds. The molecular weight excluding hydrogens is 775 g/mol. The van der Waals surface area contributed by atoms with Gasteiger partial charge in [0.05, 0.1) is 35.0 Å². The predicted octanol–water partition coefficient (Wildman–Crippen LogP) is 5.53. The van der Waals surface area contributed by atoms with Crippen LogP contribution in [-0.2, 0) is 46.9 Å². The number of methoxy groups -OCH3 is 1. The molecular formula is C45H51N11O5. The highest BCUT2D eigenvalue weighted by atomic mass is 16.5. The highest BCUT2D eigenvalue weighted by molar-refractivity contribution is 5.97. The van der Waals surface area contributed by atoms with Crippen molar-refractivity contribution < 1.29 is 23.9 Å². The fraction of sp³-hybridized carbons (Fsp3) is 0.311. The van der Waals surface area contributed by atoms with Crippen molar-refractivity contribution in [3.8, 4) is 11.5 Å². The minimum Gasteiger partial charge on any atom is -0.497 e. The molecule has 16 heteroatoms. The summed E-state index contributed by atoms with van der Waals surface area (Å²) in [4.78, 5) is 49.4. The summed E-state index contributed by atoms with van der Waals surface area (Å²) in [6.45, 7) is 13.6. The summed E-state index contributed by atoms with van der Waals surface area (Å²) in [6, 6.07) is 22.2. The summed E-state index contributed by atoms with van der Waals surface area (Å²) in [6.07, 6.45) is 0. The van der Waals surface area contributed by atoms with Crippen LogP contribution in [0.4, 0.5) is 0 Å². The summed E-state index contributed by atoms with van der Waals surface area (Å²) < 4.78 is 22.8. The lowest BCUT2D eigenvalue weighted by atomic mass is 10.1. The van der Waals surface area contributed by atoms with Crippen LogP contribution >= 0.6 is 0 Å². The van der Waals surface area contributed by atoms with Crippen LogP contribution in [0.3, 0.4) is 0 Å². The standard InChI is InChI=1S/C45H51N11O5/c1-10-55-37(21-29(5)49-55)42(58)47-44-52(8)36-23-32(41(46)57)17-20-34(36)53(44)24-27(3)28(4)25-54-40-35(13-12-14-39(40)61-26-31-15-18-33(60-9)19-16-31)51(7)45(54)48-43(59)38-22-30(6)50-56(38)11-2/h12-23H,10-11,24-26H2,1-9H3,(H2,46,57)/b28-27+,47-44?,48-45?. The van der Waals surface area contributed by atoms with Crippen molar-refractivity contribution in [3.63, 3.8) is 0 Å². The predicted molar refractivity (Wildman–Crippen MR) is 231 cm³/mol. The summed E-state index contributed by atoms with van der Waals surface area (Å²) in [5.41, 5.74) is 14.9. The van der Waals surface area contributed by atoms with Crippen molar-refractivity contribution in [1.29, 1.82) is 0 Å². The second-order valence-corrected chi connectivity index (χ2v) is 15.1. The van der Waals surface area contributed by atoms with Gasteiger partial charge in [-0.3, -0.25) is 23.7 Å². The first kappa shape index (κ1) is 41.9. The Morgan fingerprint density at radius 1 is 0.705 bits per heavy atom. The fourth-order valence-electron chi connectivity index (χ4n) is 7.55. The van der Waals surface area contributed by atoms with E-state index in [1.165, 1.54) is 0 Å². The maximum atomic E-state index is 14.0. The molecule has 0 spiro atoms. The number of carbonyl (C=O) groups is 3. The topological polar surface area (TPSA) is 176 Å². The minimum absolute atomic E-state index is 0.297. The van der Waals surface area contributed by atoms with E-state index in [2.05, 4.69) is 15.2 Å². The van der Waals surface area contributed by atoms with E-state index in [0.717, 1.165) is 44.7 Å². The first-order chi connectivity index (χ1) is 29.2. The Labute approximate surface area is 352 Å². The lowest BCUT2D eigenvalue weighted by molar-refractivity contribution is 0.0977. The van der Waals surface area contributed by atoms with E-state index in [-0.39, 0.29) is 0 Å². The molecule has 0 radical (unpaired) electrons. The molecule has 61 heavy (non-hydrogen) atoms. The number of allylic oxidation sites excluding steroid dienone is 2. The molecule has 0 atom stereocenters. The second kappa shape index (κ2) is 17.2. The number of hydrogen-bond donors (Lipinski definition) is 1. The maximum absolute atomic E-state index is 14.0.